The van der Waals surface area contributed by atoms with Gasteiger partial charge in [0, 0.05) is 0 Å². The van der Waals surface area contributed by atoms with Gasteiger partial charge in [-0.2, -0.15) is 0 Å². The normalized spacial score (nSPS) is 22.1. The van der Waals surface area contributed by atoms with Gasteiger partial charge in [-0.15, -0.1) is 0 Å². The van der Waals surface area contributed by atoms with Crippen molar-refractivity contribution in [2.45, 2.75) is 37.7 Å². The van der Waals surface area contributed by atoms with Gasteiger partial charge in [-0.25, -0.2) is 0 Å². The van der Waals surface area contributed by atoms with E-state index in [9.17, 15) is 4.79 Å². The predicted octanol–water partition coefficient (Wildman–Crippen LogP) is 4.02. The zero-order chi connectivity index (χ0) is 13.7. The van der Waals surface area contributed by atoms with Crippen molar-refractivity contribution in [1.82, 2.24) is 0 Å². The van der Waals surface area contributed by atoms with Crippen LogP contribution in [0.5, 0.6) is 11.5 Å². The highest BCUT2D eigenvalue weighted by molar-refractivity contribution is 6.33. The molecule has 0 bridgehead atoms. The molecule has 1 aromatic rings. The lowest BCUT2D eigenvalue weighted by Crippen LogP contribution is -2.39. The van der Waals surface area contributed by atoms with E-state index in [-0.39, 0.29) is 11.4 Å². The summed E-state index contributed by atoms with van der Waals surface area (Å²) < 4.78 is 11.9. The summed E-state index contributed by atoms with van der Waals surface area (Å²) in [7, 11) is 0. The Morgan fingerprint density at radius 3 is 2.80 bits per heavy atom. The zero-order valence-corrected chi connectivity index (χ0v) is 11.8. The van der Waals surface area contributed by atoms with Gasteiger partial charge >= 0.3 is 0 Å². The second kappa shape index (κ2) is 4.26. The molecule has 1 aliphatic carbocycles. The number of carbonyl (C=O) groups is 1. The van der Waals surface area contributed by atoms with Crippen LogP contribution >= 0.6 is 11.6 Å². The molecule has 0 atom stereocenters. The number of halogens is 1. The van der Waals surface area contributed by atoms with E-state index in [4.69, 9.17) is 21.1 Å². The van der Waals surface area contributed by atoms with Crippen LogP contribution in [0.1, 0.15) is 48.0 Å². The molecule has 0 amide bonds. The minimum Gasteiger partial charge on any atom is -0.487 e. The van der Waals surface area contributed by atoms with E-state index in [1.54, 1.807) is 6.07 Å². The van der Waals surface area contributed by atoms with Crippen molar-refractivity contribution >= 4 is 23.5 Å². The first-order chi connectivity index (χ1) is 9.69. The maximum Gasteiger partial charge on any atom is 0.170 e. The Hall–Kier alpha value is -1.48. The summed E-state index contributed by atoms with van der Waals surface area (Å²) >= 11 is 6.23. The van der Waals surface area contributed by atoms with E-state index in [1.165, 1.54) is 0 Å². The summed E-state index contributed by atoms with van der Waals surface area (Å²) in [6, 6.07) is 1.69. The minimum atomic E-state index is -0.295. The van der Waals surface area contributed by atoms with Crippen LogP contribution in [0.15, 0.2) is 12.1 Å². The quantitative estimate of drug-likeness (QED) is 0.724. The molecule has 3 aliphatic rings. The Labute approximate surface area is 122 Å². The van der Waals surface area contributed by atoms with Gasteiger partial charge < -0.3 is 9.47 Å². The third-order valence-corrected chi connectivity index (χ3v) is 4.73. The molecule has 4 heteroatoms. The number of ether oxygens (including phenoxy) is 2. The molecule has 20 heavy (non-hydrogen) atoms. The summed E-state index contributed by atoms with van der Waals surface area (Å²) in [6.07, 6.45) is 8.52. The lowest BCUT2D eigenvalue weighted by molar-refractivity contribution is 0.0446. The lowest BCUT2D eigenvalue weighted by atomic mass is 9.87. The maximum absolute atomic E-state index is 12.5. The molecular formula is C16H15ClO3. The summed E-state index contributed by atoms with van der Waals surface area (Å²) in [5.41, 5.74) is 1.12. The van der Waals surface area contributed by atoms with Crippen LogP contribution < -0.4 is 9.47 Å². The number of fused-ring (bicyclic) bond motifs is 3. The van der Waals surface area contributed by atoms with Crippen LogP contribution in [-0.4, -0.2) is 18.0 Å². The topological polar surface area (TPSA) is 35.5 Å². The Bertz CT molecular complexity index is 627. The smallest absolute Gasteiger partial charge is 0.170 e. The summed E-state index contributed by atoms with van der Waals surface area (Å²) in [6.45, 7) is 0.505. The Kier molecular flexibility index (Phi) is 2.61. The SMILES string of the molecule is O=C1CC2(CCCC2)Oc2c1cc(Cl)c1c2C=CCO1. The molecule has 2 aliphatic heterocycles. The van der Waals surface area contributed by atoms with Gasteiger partial charge in [0.25, 0.3) is 0 Å². The molecule has 0 aromatic heterocycles. The highest BCUT2D eigenvalue weighted by atomic mass is 35.5. The van der Waals surface area contributed by atoms with Crippen LogP contribution in [0, 0.1) is 0 Å². The van der Waals surface area contributed by atoms with Crippen LogP contribution in [0.2, 0.25) is 5.02 Å². The first-order valence-electron chi connectivity index (χ1n) is 7.07. The molecule has 0 radical (unpaired) electrons. The Morgan fingerprint density at radius 1 is 1.20 bits per heavy atom. The molecule has 1 saturated carbocycles. The van der Waals surface area contributed by atoms with Gasteiger partial charge in [-0.1, -0.05) is 11.6 Å². The largest absolute Gasteiger partial charge is 0.487 e. The highest BCUT2D eigenvalue weighted by Gasteiger charge is 2.44. The molecule has 0 N–H and O–H groups in total. The van der Waals surface area contributed by atoms with Crippen LogP contribution in [0.4, 0.5) is 0 Å². The fourth-order valence-corrected chi connectivity index (χ4v) is 3.75. The highest BCUT2D eigenvalue weighted by Crippen LogP contribution is 2.49. The van der Waals surface area contributed by atoms with Crippen molar-refractivity contribution in [2.75, 3.05) is 6.61 Å². The summed E-state index contributed by atoms with van der Waals surface area (Å²) in [4.78, 5) is 12.5. The monoisotopic (exact) mass is 290 g/mol. The fraction of sp³-hybridized carbons (Fsp3) is 0.438. The molecule has 0 saturated heterocycles. The van der Waals surface area contributed by atoms with E-state index >= 15 is 0 Å². The van der Waals surface area contributed by atoms with Crippen molar-refractivity contribution < 1.29 is 14.3 Å². The first kappa shape index (κ1) is 12.3. The second-order valence-electron chi connectivity index (χ2n) is 5.78. The number of rotatable bonds is 0. The van der Waals surface area contributed by atoms with Crippen molar-refractivity contribution in [3.63, 3.8) is 0 Å². The van der Waals surface area contributed by atoms with Gasteiger partial charge in [0.15, 0.2) is 5.78 Å². The Morgan fingerprint density at radius 2 is 2.00 bits per heavy atom. The third-order valence-electron chi connectivity index (χ3n) is 4.45. The number of ketones is 1. The van der Waals surface area contributed by atoms with Gasteiger partial charge in [-0.3, -0.25) is 4.79 Å². The molecule has 3 nitrogen and oxygen atoms in total. The lowest BCUT2D eigenvalue weighted by Gasteiger charge is -2.36. The van der Waals surface area contributed by atoms with Crippen LogP contribution in [-0.2, 0) is 0 Å². The van der Waals surface area contributed by atoms with Crippen molar-refractivity contribution in [3.8, 4) is 11.5 Å². The zero-order valence-electron chi connectivity index (χ0n) is 11.1. The molecule has 2 heterocycles. The average Bonchev–Trinajstić information content (AvgIpc) is 2.89. The standard InChI is InChI=1S/C16H15ClO3/c17-12-8-11-13(18)9-16(5-1-2-6-16)20-14(11)10-4-3-7-19-15(10)12/h3-4,8H,1-2,5-7,9H2. The van der Waals surface area contributed by atoms with Crippen molar-refractivity contribution in [1.29, 1.82) is 0 Å². The van der Waals surface area contributed by atoms with Crippen molar-refractivity contribution in [2.24, 2.45) is 0 Å². The molecule has 0 unspecified atom stereocenters. The predicted molar refractivity (Wildman–Crippen MR) is 76.8 cm³/mol. The van der Waals surface area contributed by atoms with E-state index in [1.807, 2.05) is 12.2 Å². The Balaban J connectivity index is 1.90. The number of benzene rings is 1. The molecular weight excluding hydrogens is 276 g/mol. The van der Waals surface area contributed by atoms with E-state index in [0.29, 0.717) is 35.1 Å². The number of hydrogen-bond donors (Lipinski definition) is 0. The van der Waals surface area contributed by atoms with E-state index < -0.39 is 0 Å². The number of Topliss-reactive ketones (excluding diaryl/α,β-unsaturated/α-hetero) is 1. The molecule has 4 rings (SSSR count). The summed E-state index contributed by atoms with van der Waals surface area (Å²) in [5, 5.41) is 0.488. The van der Waals surface area contributed by atoms with Gasteiger partial charge in [0.1, 0.15) is 23.7 Å². The van der Waals surface area contributed by atoms with Crippen LogP contribution in [0.3, 0.4) is 0 Å². The van der Waals surface area contributed by atoms with Gasteiger partial charge in [-0.05, 0) is 43.9 Å². The van der Waals surface area contributed by atoms with E-state index in [0.717, 1.165) is 31.2 Å². The third kappa shape index (κ3) is 1.69. The van der Waals surface area contributed by atoms with E-state index in [2.05, 4.69) is 0 Å². The fourth-order valence-electron chi connectivity index (χ4n) is 3.49. The molecule has 1 aromatic carbocycles. The maximum atomic E-state index is 12.5. The molecule has 1 fully saturated rings. The number of carbonyl (C=O) groups excluding carboxylic acids is 1. The summed E-state index contributed by atoms with van der Waals surface area (Å²) in [5.74, 6) is 1.44. The second-order valence-corrected chi connectivity index (χ2v) is 6.19. The van der Waals surface area contributed by atoms with Crippen molar-refractivity contribution in [3.05, 3.63) is 28.3 Å². The molecule has 1 spiro atoms. The minimum absolute atomic E-state index is 0.136. The average molecular weight is 291 g/mol. The molecule has 104 valence electrons. The first-order valence-corrected chi connectivity index (χ1v) is 7.44. The van der Waals surface area contributed by atoms with Crippen LogP contribution in [0.25, 0.3) is 6.08 Å². The number of hydrogen-bond acceptors (Lipinski definition) is 3. The van der Waals surface area contributed by atoms with Gasteiger partial charge in [0.2, 0.25) is 0 Å². The van der Waals surface area contributed by atoms with Gasteiger partial charge in [0.05, 0.1) is 22.6 Å².